The van der Waals surface area contributed by atoms with Gasteiger partial charge in [0.25, 0.3) is 0 Å². The summed E-state index contributed by atoms with van der Waals surface area (Å²) >= 11 is 0. The maximum absolute atomic E-state index is 12.7. The van der Waals surface area contributed by atoms with Gasteiger partial charge in [-0.25, -0.2) is 0 Å². The highest BCUT2D eigenvalue weighted by atomic mass is 16.3. The van der Waals surface area contributed by atoms with E-state index in [4.69, 9.17) is 10.2 Å². The standard InChI is InChI=1S/C28H31N5O4/c1-17(13-31-28(16-29)5-6-28)9-19(15-34)21-10-18(27(30)36)11-24-26(21)22-12-20(3-4-23(22)37-24)33-8-7-32(2)14-25(33)35/h3-4,10-12,15,17,19,31H,5-9,13-14H2,1-2H3,(H2,30,36). The lowest BCUT2D eigenvalue weighted by molar-refractivity contribution is -0.120. The fourth-order valence-corrected chi connectivity index (χ4v) is 5.19. The average Bonchev–Trinajstić information content (AvgIpc) is 3.57. The minimum absolute atomic E-state index is 0.0232. The van der Waals surface area contributed by atoms with E-state index in [1.54, 1.807) is 17.0 Å². The number of carbonyl (C=O) groups is 3. The quantitative estimate of drug-likeness (QED) is 0.431. The topological polar surface area (TPSA) is 133 Å². The Hall–Kier alpha value is -3.74. The fraction of sp³-hybridized carbons (Fsp3) is 0.429. The predicted octanol–water partition coefficient (Wildman–Crippen LogP) is 2.92. The number of nitrogens with one attached hydrogen (secondary N) is 1. The lowest BCUT2D eigenvalue weighted by atomic mass is 9.86. The van der Waals surface area contributed by atoms with E-state index in [1.807, 2.05) is 37.1 Å². The van der Waals surface area contributed by atoms with Crippen molar-refractivity contribution in [2.45, 2.75) is 37.6 Å². The van der Waals surface area contributed by atoms with Crippen LogP contribution in [-0.4, -0.2) is 61.8 Å². The molecule has 2 fully saturated rings. The summed E-state index contributed by atoms with van der Waals surface area (Å²) in [5.41, 5.74) is 7.99. The van der Waals surface area contributed by atoms with Gasteiger partial charge in [-0.2, -0.15) is 5.26 Å². The first-order valence-corrected chi connectivity index (χ1v) is 12.6. The van der Waals surface area contributed by atoms with E-state index in [9.17, 15) is 19.6 Å². The van der Waals surface area contributed by atoms with Crippen molar-refractivity contribution in [2.75, 3.05) is 38.1 Å². The van der Waals surface area contributed by atoms with Crippen LogP contribution < -0.4 is 16.0 Å². The SMILES string of the molecule is CC(CNC1(C#N)CC1)CC(C=O)c1cc(C(N)=O)cc2oc3ccc(N4CCN(C)CC4=O)cc3c12. The normalized spacial score (nSPS) is 19.1. The lowest BCUT2D eigenvalue weighted by Crippen LogP contribution is -2.48. The van der Waals surface area contributed by atoms with Gasteiger partial charge in [0.05, 0.1) is 12.6 Å². The van der Waals surface area contributed by atoms with E-state index in [1.165, 1.54) is 0 Å². The van der Waals surface area contributed by atoms with Crippen molar-refractivity contribution in [3.05, 3.63) is 41.5 Å². The molecule has 9 nitrogen and oxygen atoms in total. The summed E-state index contributed by atoms with van der Waals surface area (Å²) < 4.78 is 6.10. The summed E-state index contributed by atoms with van der Waals surface area (Å²) in [5, 5.41) is 14.2. The monoisotopic (exact) mass is 501 g/mol. The summed E-state index contributed by atoms with van der Waals surface area (Å²) in [4.78, 5) is 41.0. The molecule has 9 heteroatoms. The number of benzene rings is 2. The average molecular weight is 502 g/mol. The summed E-state index contributed by atoms with van der Waals surface area (Å²) in [6.45, 7) is 4.36. The number of furan rings is 1. The van der Waals surface area contributed by atoms with Gasteiger partial charge in [-0.15, -0.1) is 0 Å². The number of aldehydes is 1. The second-order valence-corrected chi connectivity index (χ2v) is 10.5. The molecule has 2 amide bonds. The molecule has 1 aliphatic carbocycles. The number of likely N-dealkylation sites (N-methyl/N-ethyl adjacent to an activating group) is 1. The van der Waals surface area contributed by atoms with Crippen molar-refractivity contribution >= 4 is 45.7 Å². The number of carbonyl (C=O) groups excluding carboxylic acids is 3. The molecule has 0 bridgehead atoms. The van der Waals surface area contributed by atoms with E-state index in [-0.39, 0.29) is 17.4 Å². The molecule has 3 aromatic rings. The smallest absolute Gasteiger partial charge is 0.248 e. The molecule has 2 aromatic carbocycles. The van der Waals surface area contributed by atoms with Crippen LogP contribution in [0.2, 0.25) is 0 Å². The van der Waals surface area contributed by atoms with Gasteiger partial charge in [0.1, 0.15) is 23.0 Å². The molecule has 1 saturated heterocycles. The van der Waals surface area contributed by atoms with Crippen molar-refractivity contribution in [1.29, 1.82) is 5.26 Å². The Morgan fingerprint density at radius 3 is 2.70 bits per heavy atom. The third kappa shape index (κ3) is 4.82. The first-order chi connectivity index (χ1) is 17.7. The minimum atomic E-state index is -0.601. The largest absolute Gasteiger partial charge is 0.456 e. The lowest BCUT2D eigenvalue weighted by Gasteiger charge is -2.32. The highest BCUT2D eigenvalue weighted by Crippen LogP contribution is 2.39. The number of fused-ring (bicyclic) bond motifs is 3. The molecule has 37 heavy (non-hydrogen) atoms. The molecular weight excluding hydrogens is 470 g/mol. The molecule has 1 saturated carbocycles. The zero-order valence-electron chi connectivity index (χ0n) is 21.1. The zero-order chi connectivity index (χ0) is 26.3. The van der Waals surface area contributed by atoms with Crippen LogP contribution in [0.1, 0.15) is 48.0 Å². The predicted molar refractivity (Wildman–Crippen MR) is 140 cm³/mol. The van der Waals surface area contributed by atoms with Crippen LogP contribution in [0.15, 0.2) is 34.7 Å². The van der Waals surface area contributed by atoms with Crippen molar-refractivity contribution in [3.8, 4) is 6.07 Å². The Balaban J connectivity index is 1.54. The van der Waals surface area contributed by atoms with Gasteiger partial charge in [-0.3, -0.25) is 19.8 Å². The van der Waals surface area contributed by atoms with Crippen LogP contribution >= 0.6 is 0 Å². The van der Waals surface area contributed by atoms with Gasteiger partial charge < -0.3 is 19.8 Å². The number of piperazine rings is 1. The summed E-state index contributed by atoms with van der Waals surface area (Å²) in [6, 6.07) is 11.2. The zero-order valence-corrected chi connectivity index (χ0v) is 21.1. The fourth-order valence-electron chi connectivity index (χ4n) is 5.19. The number of rotatable bonds is 9. The van der Waals surface area contributed by atoms with E-state index < -0.39 is 17.4 Å². The van der Waals surface area contributed by atoms with Crippen molar-refractivity contribution in [1.82, 2.24) is 10.2 Å². The highest BCUT2D eigenvalue weighted by molar-refractivity contribution is 6.11. The minimum Gasteiger partial charge on any atom is -0.456 e. The summed E-state index contributed by atoms with van der Waals surface area (Å²) in [7, 11) is 1.92. The maximum atomic E-state index is 12.7. The molecule has 2 heterocycles. The van der Waals surface area contributed by atoms with Gasteiger partial charge in [0, 0.05) is 41.0 Å². The Morgan fingerprint density at radius 2 is 2.05 bits per heavy atom. The molecule has 2 atom stereocenters. The van der Waals surface area contributed by atoms with Crippen LogP contribution in [0.3, 0.4) is 0 Å². The number of nitrogens with zero attached hydrogens (tertiary/aromatic N) is 3. The highest BCUT2D eigenvalue weighted by Gasteiger charge is 2.42. The van der Waals surface area contributed by atoms with Crippen LogP contribution in [0.5, 0.6) is 0 Å². The van der Waals surface area contributed by atoms with Crippen LogP contribution in [0, 0.1) is 17.2 Å². The van der Waals surface area contributed by atoms with Crippen molar-refractivity contribution < 1.29 is 18.8 Å². The van der Waals surface area contributed by atoms with Gasteiger partial charge in [-0.05, 0) is 74.7 Å². The van der Waals surface area contributed by atoms with Gasteiger partial charge in [-0.1, -0.05) is 6.92 Å². The summed E-state index contributed by atoms with van der Waals surface area (Å²) in [5.74, 6) is -0.984. The van der Waals surface area contributed by atoms with E-state index >= 15 is 0 Å². The van der Waals surface area contributed by atoms with Crippen molar-refractivity contribution in [2.24, 2.45) is 11.7 Å². The number of hydrogen-bond acceptors (Lipinski definition) is 7. The second-order valence-electron chi connectivity index (χ2n) is 10.5. The van der Waals surface area contributed by atoms with Crippen molar-refractivity contribution in [3.63, 3.8) is 0 Å². The second kappa shape index (κ2) is 9.61. The molecule has 192 valence electrons. The molecule has 1 aromatic heterocycles. The Bertz CT molecular complexity index is 1430. The Morgan fingerprint density at radius 1 is 1.27 bits per heavy atom. The third-order valence-corrected chi connectivity index (χ3v) is 7.57. The van der Waals surface area contributed by atoms with E-state index in [2.05, 4.69) is 11.4 Å². The van der Waals surface area contributed by atoms with Gasteiger partial charge in [0.15, 0.2) is 0 Å². The summed E-state index contributed by atoms with van der Waals surface area (Å²) in [6.07, 6.45) is 3.11. The number of hydrogen-bond donors (Lipinski definition) is 2. The molecule has 2 unspecified atom stereocenters. The first kappa shape index (κ1) is 24.9. The number of amides is 2. The molecule has 2 aliphatic rings. The molecule has 0 spiro atoms. The molecular formula is C28H31N5O4. The number of anilines is 1. The number of nitriles is 1. The maximum Gasteiger partial charge on any atom is 0.248 e. The molecule has 5 rings (SSSR count). The van der Waals surface area contributed by atoms with E-state index in [0.29, 0.717) is 42.8 Å². The van der Waals surface area contributed by atoms with Gasteiger partial charge in [0.2, 0.25) is 11.8 Å². The van der Waals surface area contributed by atoms with Crippen LogP contribution in [0.4, 0.5) is 5.69 Å². The number of primary amides is 1. The van der Waals surface area contributed by atoms with Crippen LogP contribution in [0.25, 0.3) is 21.9 Å². The van der Waals surface area contributed by atoms with Crippen LogP contribution in [-0.2, 0) is 9.59 Å². The Labute approximate surface area is 215 Å². The molecule has 0 radical (unpaired) electrons. The Kier molecular flexibility index (Phi) is 6.48. The molecule has 3 N–H and O–H groups in total. The third-order valence-electron chi connectivity index (χ3n) is 7.57. The molecule has 1 aliphatic heterocycles. The number of nitrogens with two attached hydrogens (primary N) is 1. The first-order valence-electron chi connectivity index (χ1n) is 12.6. The van der Waals surface area contributed by atoms with E-state index in [0.717, 1.165) is 42.1 Å². The van der Waals surface area contributed by atoms with Gasteiger partial charge >= 0.3 is 0 Å².